The molecule has 112 valence electrons. The lowest BCUT2D eigenvalue weighted by Gasteiger charge is -2.29. The molecule has 0 unspecified atom stereocenters. The number of nitrogens with one attached hydrogen (secondary N) is 1. The van der Waals surface area contributed by atoms with Crippen LogP contribution in [0.1, 0.15) is 6.92 Å². The fraction of sp³-hybridized carbons (Fsp3) is 0.429. The van der Waals surface area contributed by atoms with Crippen molar-refractivity contribution in [3.63, 3.8) is 0 Å². The maximum absolute atomic E-state index is 11.2. The number of anilines is 2. The van der Waals surface area contributed by atoms with Gasteiger partial charge in [-0.2, -0.15) is 0 Å². The van der Waals surface area contributed by atoms with Crippen LogP contribution in [0.4, 0.5) is 10.8 Å². The molecule has 0 aliphatic carbocycles. The Kier molecular flexibility index (Phi) is 3.94. The average molecular weight is 307 g/mol. The standard InChI is InChI=1S/C14H17N3O3S/c1-9(18)15-14-16-12-11(19-2)4-3-10(13(12)21-14)17-5-7-20-8-6-17/h3-4H,5-8H2,1-2H3,(H,15,16,18). The number of benzene rings is 1. The van der Waals surface area contributed by atoms with Crippen LogP contribution in [0.2, 0.25) is 0 Å². The number of carbonyl (C=O) groups is 1. The van der Waals surface area contributed by atoms with Gasteiger partial charge in [0.2, 0.25) is 5.91 Å². The van der Waals surface area contributed by atoms with Gasteiger partial charge < -0.3 is 19.7 Å². The first-order chi connectivity index (χ1) is 10.2. The van der Waals surface area contributed by atoms with Crippen molar-refractivity contribution in [2.75, 3.05) is 43.6 Å². The van der Waals surface area contributed by atoms with Gasteiger partial charge in [-0.15, -0.1) is 0 Å². The molecule has 1 aromatic heterocycles. The molecule has 0 spiro atoms. The van der Waals surface area contributed by atoms with Gasteiger partial charge >= 0.3 is 0 Å². The molecule has 1 amide bonds. The van der Waals surface area contributed by atoms with E-state index in [1.807, 2.05) is 12.1 Å². The van der Waals surface area contributed by atoms with E-state index in [-0.39, 0.29) is 5.91 Å². The Morgan fingerprint density at radius 1 is 1.43 bits per heavy atom. The van der Waals surface area contributed by atoms with Crippen LogP contribution in [0.15, 0.2) is 12.1 Å². The molecule has 1 aromatic carbocycles. The van der Waals surface area contributed by atoms with Gasteiger partial charge in [0.05, 0.1) is 30.7 Å². The summed E-state index contributed by atoms with van der Waals surface area (Å²) in [7, 11) is 1.63. The summed E-state index contributed by atoms with van der Waals surface area (Å²) >= 11 is 1.47. The van der Waals surface area contributed by atoms with E-state index in [4.69, 9.17) is 9.47 Å². The number of amides is 1. The van der Waals surface area contributed by atoms with Gasteiger partial charge in [0.25, 0.3) is 0 Å². The molecule has 2 aromatic rings. The zero-order valence-corrected chi connectivity index (χ0v) is 12.8. The summed E-state index contributed by atoms with van der Waals surface area (Å²) in [5.74, 6) is 0.593. The SMILES string of the molecule is COc1ccc(N2CCOCC2)c2sc(NC(C)=O)nc12. The van der Waals surface area contributed by atoms with E-state index in [0.717, 1.165) is 48.0 Å². The normalized spacial score (nSPS) is 15.2. The summed E-state index contributed by atoms with van der Waals surface area (Å²) in [6.45, 7) is 4.64. The number of ether oxygens (including phenoxy) is 2. The van der Waals surface area contributed by atoms with Crippen LogP contribution >= 0.6 is 11.3 Å². The minimum Gasteiger partial charge on any atom is -0.494 e. The van der Waals surface area contributed by atoms with Crippen molar-refractivity contribution in [2.45, 2.75) is 6.92 Å². The Hall–Kier alpha value is -1.86. The highest BCUT2D eigenvalue weighted by Gasteiger charge is 2.19. The number of nitrogens with zero attached hydrogens (tertiary/aromatic N) is 2. The molecule has 1 N–H and O–H groups in total. The summed E-state index contributed by atoms with van der Waals surface area (Å²) in [5, 5.41) is 3.34. The summed E-state index contributed by atoms with van der Waals surface area (Å²) in [4.78, 5) is 18.0. The summed E-state index contributed by atoms with van der Waals surface area (Å²) in [6, 6.07) is 3.96. The Balaban J connectivity index is 2.07. The van der Waals surface area contributed by atoms with Gasteiger partial charge in [-0.1, -0.05) is 11.3 Å². The van der Waals surface area contributed by atoms with Crippen LogP contribution in [0.5, 0.6) is 5.75 Å². The third-order valence-electron chi connectivity index (χ3n) is 3.34. The first kappa shape index (κ1) is 14.1. The number of hydrogen-bond acceptors (Lipinski definition) is 6. The maximum atomic E-state index is 11.2. The van der Waals surface area contributed by atoms with E-state index in [0.29, 0.717) is 5.13 Å². The highest BCUT2D eigenvalue weighted by Crippen LogP contribution is 2.39. The fourth-order valence-corrected chi connectivity index (χ4v) is 3.46. The first-order valence-electron chi connectivity index (χ1n) is 6.77. The summed E-state index contributed by atoms with van der Waals surface area (Å²) in [5.41, 5.74) is 1.90. The second kappa shape index (κ2) is 5.87. The molecule has 21 heavy (non-hydrogen) atoms. The molecule has 0 atom stereocenters. The van der Waals surface area contributed by atoms with Crippen LogP contribution in [0.3, 0.4) is 0 Å². The van der Waals surface area contributed by atoms with Gasteiger partial charge in [0.15, 0.2) is 5.13 Å². The molecule has 2 heterocycles. The third kappa shape index (κ3) is 2.79. The molecule has 0 saturated carbocycles. The number of rotatable bonds is 3. The molecule has 1 aliphatic rings. The minimum absolute atomic E-state index is 0.124. The second-order valence-electron chi connectivity index (χ2n) is 4.76. The molecule has 1 aliphatic heterocycles. The fourth-order valence-electron chi connectivity index (χ4n) is 2.39. The van der Waals surface area contributed by atoms with Crippen LogP contribution in [-0.4, -0.2) is 44.3 Å². The number of carbonyl (C=O) groups excluding carboxylic acids is 1. The zero-order valence-electron chi connectivity index (χ0n) is 12.0. The smallest absolute Gasteiger partial charge is 0.223 e. The average Bonchev–Trinajstić information content (AvgIpc) is 2.89. The first-order valence-corrected chi connectivity index (χ1v) is 7.58. The number of thiazole rings is 1. The van der Waals surface area contributed by atoms with E-state index in [9.17, 15) is 4.79 Å². The highest BCUT2D eigenvalue weighted by atomic mass is 32.1. The largest absolute Gasteiger partial charge is 0.494 e. The lowest BCUT2D eigenvalue weighted by molar-refractivity contribution is -0.114. The number of hydrogen-bond donors (Lipinski definition) is 1. The van der Waals surface area contributed by atoms with E-state index in [2.05, 4.69) is 15.2 Å². The quantitative estimate of drug-likeness (QED) is 0.941. The van der Waals surface area contributed by atoms with Crippen molar-refractivity contribution in [1.29, 1.82) is 0 Å². The monoisotopic (exact) mass is 307 g/mol. The van der Waals surface area contributed by atoms with Gasteiger partial charge in [-0.25, -0.2) is 4.98 Å². The zero-order chi connectivity index (χ0) is 14.8. The maximum Gasteiger partial charge on any atom is 0.223 e. The van der Waals surface area contributed by atoms with Gasteiger partial charge in [-0.05, 0) is 12.1 Å². The molecule has 7 heteroatoms. The molecular weight excluding hydrogens is 290 g/mol. The van der Waals surface area contributed by atoms with E-state index in [1.54, 1.807) is 7.11 Å². The van der Waals surface area contributed by atoms with Crippen molar-refractivity contribution >= 4 is 38.3 Å². The molecule has 6 nitrogen and oxygen atoms in total. The van der Waals surface area contributed by atoms with Gasteiger partial charge in [0.1, 0.15) is 11.3 Å². The van der Waals surface area contributed by atoms with Crippen molar-refractivity contribution in [3.05, 3.63) is 12.1 Å². The Morgan fingerprint density at radius 3 is 2.86 bits per heavy atom. The van der Waals surface area contributed by atoms with E-state index in [1.165, 1.54) is 18.3 Å². The minimum atomic E-state index is -0.124. The Labute approximate surface area is 126 Å². The van der Waals surface area contributed by atoms with Gasteiger partial charge in [-0.3, -0.25) is 4.79 Å². The molecule has 3 rings (SSSR count). The van der Waals surface area contributed by atoms with E-state index >= 15 is 0 Å². The van der Waals surface area contributed by atoms with E-state index < -0.39 is 0 Å². The molecular formula is C14H17N3O3S. The predicted molar refractivity (Wildman–Crippen MR) is 83.5 cm³/mol. The van der Waals surface area contributed by atoms with Gasteiger partial charge in [0, 0.05) is 20.0 Å². The predicted octanol–water partition coefficient (Wildman–Crippen LogP) is 2.10. The summed E-state index contributed by atoms with van der Waals surface area (Å²) < 4.78 is 11.8. The highest BCUT2D eigenvalue weighted by molar-refractivity contribution is 7.23. The van der Waals surface area contributed by atoms with Crippen LogP contribution in [0, 0.1) is 0 Å². The van der Waals surface area contributed by atoms with Crippen molar-refractivity contribution in [3.8, 4) is 5.75 Å². The second-order valence-corrected chi connectivity index (χ2v) is 5.76. The number of aromatic nitrogens is 1. The lowest BCUT2D eigenvalue weighted by atomic mass is 10.2. The molecule has 1 fully saturated rings. The van der Waals surface area contributed by atoms with Crippen molar-refractivity contribution in [2.24, 2.45) is 0 Å². The number of fused-ring (bicyclic) bond motifs is 1. The Bertz CT molecular complexity index is 665. The van der Waals surface area contributed by atoms with Crippen LogP contribution in [0.25, 0.3) is 10.2 Å². The molecule has 1 saturated heterocycles. The summed E-state index contributed by atoms with van der Waals surface area (Å²) in [6.07, 6.45) is 0. The van der Waals surface area contributed by atoms with Crippen molar-refractivity contribution < 1.29 is 14.3 Å². The number of methoxy groups -OCH3 is 1. The van der Waals surface area contributed by atoms with Crippen molar-refractivity contribution in [1.82, 2.24) is 4.98 Å². The Morgan fingerprint density at radius 2 is 2.19 bits per heavy atom. The van der Waals surface area contributed by atoms with Crippen LogP contribution < -0.4 is 15.0 Å². The lowest BCUT2D eigenvalue weighted by Crippen LogP contribution is -2.36. The topological polar surface area (TPSA) is 63.7 Å². The molecule has 0 bridgehead atoms. The number of morpholine rings is 1. The third-order valence-corrected chi connectivity index (χ3v) is 4.33. The molecule has 0 radical (unpaired) electrons. The van der Waals surface area contributed by atoms with Crippen LogP contribution in [-0.2, 0) is 9.53 Å².